The summed E-state index contributed by atoms with van der Waals surface area (Å²) in [5.41, 5.74) is 30.5. The lowest BCUT2D eigenvalue weighted by Crippen LogP contribution is -2.61. The van der Waals surface area contributed by atoms with Gasteiger partial charge in [0.1, 0.15) is 0 Å². The first kappa shape index (κ1) is 55.5. The van der Waals surface area contributed by atoms with Crippen LogP contribution in [0.15, 0.2) is 340 Å². The van der Waals surface area contributed by atoms with Crippen LogP contribution in [0.3, 0.4) is 0 Å². The van der Waals surface area contributed by atoms with Crippen LogP contribution in [0, 0.1) is 0 Å². The Balaban J connectivity index is 1.02. The molecule has 3 heteroatoms. The summed E-state index contributed by atoms with van der Waals surface area (Å²) < 4.78 is 0. The maximum Gasteiger partial charge on any atom is 0.252 e. The molecule has 0 amide bonds. The normalized spacial score (nSPS) is 12.4. The number of rotatable bonds is 10. The van der Waals surface area contributed by atoms with E-state index in [0.29, 0.717) is 0 Å². The summed E-state index contributed by atoms with van der Waals surface area (Å²) in [6, 6.07) is 127. The Hall–Kier alpha value is -11.5. The van der Waals surface area contributed by atoms with Crippen LogP contribution in [0.4, 0.5) is 34.1 Å². The third-order valence-electron chi connectivity index (χ3n) is 19.4. The van der Waals surface area contributed by atoms with Crippen molar-refractivity contribution < 1.29 is 0 Å². The van der Waals surface area contributed by atoms with Crippen LogP contribution >= 0.6 is 0 Å². The SMILES string of the molecule is CC(C)(C)c1cc2c3c(c1)N(c1c(-c4ccccc4)cccc1-c1ccccc1)c1cc(-c4c5ccccc5c(-c5ccccc5-c5ccccc5)c5ccccc45)ccc1B3c1cc(-c3ccccc3)ccc1N2c1c(-c2ccccc2)cccc1-c1ccccc1. The van der Waals surface area contributed by atoms with Crippen molar-refractivity contribution in [3.63, 3.8) is 0 Å². The summed E-state index contributed by atoms with van der Waals surface area (Å²) in [6.45, 7) is 6.94. The van der Waals surface area contributed by atoms with Gasteiger partial charge in [0.05, 0.1) is 11.4 Å². The van der Waals surface area contributed by atoms with Crippen molar-refractivity contribution in [1.29, 1.82) is 0 Å². The maximum atomic E-state index is 2.70. The lowest BCUT2D eigenvalue weighted by molar-refractivity contribution is 0.590. The zero-order chi connectivity index (χ0) is 62.2. The Labute approximate surface area is 545 Å². The fourth-order valence-corrected chi connectivity index (χ4v) is 15.1. The summed E-state index contributed by atoms with van der Waals surface area (Å²) in [6.07, 6.45) is 0. The minimum Gasteiger partial charge on any atom is -0.310 e. The summed E-state index contributed by atoms with van der Waals surface area (Å²) in [5, 5.41) is 4.85. The van der Waals surface area contributed by atoms with Crippen molar-refractivity contribution in [1.82, 2.24) is 0 Å². The van der Waals surface area contributed by atoms with Crippen LogP contribution in [0.2, 0.25) is 0 Å². The van der Waals surface area contributed by atoms with Gasteiger partial charge in [-0.2, -0.15) is 0 Å². The largest absolute Gasteiger partial charge is 0.310 e. The number of fused-ring (bicyclic) bond motifs is 6. The van der Waals surface area contributed by atoms with Crippen LogP contribution < -0.4 is 26.2 Å². The number of hydrogen-bond donors (Lipinski definition) is 0. The maximum absolute atomic E-state index is 2.70. The number of para-hydroxylation sites is 2. The zero-order valence-electron chi connectivity index (χ0n) is 52.3. The van der Waals surface area contributed by atoms with E-state index in [-0.39, 0.29) is 12.1 Å². The molecule has 0 saturated carbocycles. The molecule has 15 aromatic carbocycles. The molecule has 17 rings (SSSR count). The van der Waals surface area contributed by atoms with Gasteiger partial charge < -0.3 is 9.80 Å². The minimum atomic E-state index is -0.279. The van der Waals surface area contributed by atoms with Crippen LogP contribution in [0.1, 0.15) is 26.3 Å². The van der Waals surface area contributed by atoms with Gasteiger partial charge in [0, 0.05) is 45.0 Å². The summed E-state index contributed by atoms with van der Waals surface area (Å²) in [7, 11) is 0. The van der Waals surface area contributed by atoms with Gasteiger partial charge in [-0.3, -0.25) is 0 Å². The fraction of sp³-hybridized carbons (Fsp3) is 0.0444. The van der Waals surface area contributed by atoms with E-state index in [1.165, 1.54) is 88.1 Å². The molecule has 2 aliphatic rings. The lowest BCUT2D eigenvalue weighted by Gasteiger charge is -2.46. The van der Waals surface area contributed by atoms with Gasteiger partial charge in [0.2, 0.25) is 0 Å². The number of nitrogens with zero attached hydrogens (tertiary/aromatic N) is 2. The van der Waals surface area contributed by atoms with Crippen LogP contribution in [0.5, 0.6) is 0 Å². The first-order valence-corrected chi connectivity index (χ1v) is 32.5. The molecular formula is C90H65BN2. The fourth-order valence-electron chi connectivity index (χ4n) is 15.1. The molecule has 0 N–H and O–H groups in total. The smallest absolute Gasteiger partial charge is 0.252 e. The average Bonchev–Trinajstić information content (AvgIpc) is 0.694. The number of benzene rings is 15. The standard InChI is InChI=1S/C90H65BN2/c1-90(2,3)68-58-83-87-84(59-68)93(89-72(64-38-18-8-19-39-64)50-29-51-73(89)65-40-20-9-21-41-65)82-57-67(85-75-44-24-26-46-77(75)86(78-47-27-25-45-76(78)85)74-43-23-22-42-69(74)61-32-12-5-13-33-61)52-54-79(82)91(87)80-56-66(60-30-10-4-11-31-60)53-55-81(80)92(83)88-70(62-34-14-6-15-35-62)48-28-49-71(88)63-36-16-7-17-37-63/h4-59H,1-3H3. The molecule has 0 unspecified atom stereocenters. The van der Waals surface area contributed by atoms with E-state index in [2.05, 4.69) is 370 Å². The van der Waals surface area contributed by atoms with Crippen LogP contribution in [0.25, 0.3) is 111 Å². The molecule has 0 bridgehead atoms. The van der Waals surface area contributed by atoms with Crippen molar-refractivity contribution in [2.45, 2.75) is 26.2 Å². The van der Waals surface area contributed by atoms with Gasteiger partial charge in [0.15, 0.2) is 0 Å². The first-order valence-electron chi connectivity index (χ1n) is 32.5. The molecule has 0 radical (unpaired) electrons. The molecule has 0 atom stereocenters. The Morgan fingerprint density at radius 3 is 1.03 bits per heavy atom. The van der Waals surface area contributed by atoms with E-state index in [0.717, 1.165) is 78.5 Å². The quantitative estimate of drug-likeness (QED) is 0.0995. The monoisotopic (exact) mass is 1180 g/mol. The Bertz CT molecular complexity index is 5180. The Morgan fingerprint density at radius 2 is 0.591 bits per heavy atom. The second-order valence-corrected chi connectivity index (χ2v) is 25.8. The summed E-state index contributed by atoms with van der Waals surface area (Å²) in [5.74, 6) is 0. The molecule has 2 nitrogen and oxygen atoms in total. The highest BCUT2D eigenvalue weighted by Crippen LogP contribution is 2.55. The predicted octanol–water partition coefficient (Wildman–Crippen LogP) is 22.7. The first-order chi connectivity index (χ1) is 45.8. The van der Waals surface area contributed by atoms with Crippen molar-refractivity contribution >= 4 is 78.8 Å². The Morgan fingerprint density at radius 1 is 0.237 bits per heavy atom. The average molecular weight is 1190 g/mol. The van der Waals surface area contributed by atoms with E-state index in [9.17, 15) is 0 Å². The van der Waals surface area contributed by atoms with Crippen molar-refractivity contribution in [3.05, 3.63) is 345 Å². The van der Waals surface area contributed by atoms with Crippen molar-refractivity contribution in [2.75, 3.05) is 9.80 Å². The van der Waals surface area contributed by atoms with E-state index in [1.807, 2.05) is 0 Å². The zero-order valence-corrected chi connectivity index (χ0v) is 52.3. The highest BCUT2D eigenvalue weighted by Gasteiger charge is 2.46. The molecule has 0 spiro atoms. The minimum absolute atomic E-state index is 0.197. The van der Waals surface area contributed by atoms with Gasteiger partial charge in [0.25, 0.3) is 6.71 Å². The predicted molar refractivity (Wildman–Crippen MR) is 398 cm³/mol. The molecule has 93 heavy (non-hydrogen) atoms. The second kappa shape index (κ2) is 22.8. The third kappa shape index (κ3) is 9.41. The number of hydrogen-bond acceptors (Lipinski definition) is 2. The molecule has 15 aromatic rings. The van der Waals surface area contributed by atoms with Gasteiger partial charge in [-0.05, 0) is 140 Å². The van der Waals surface area contributed by atoms with Crippen LogP contribution in [-0.4, -0.2) is 6.71 Å². The van der Waals surface area contributed by atoms with Gasteiger partial charge in [-0.15, -0.1) is 0 Å². The third-order valence-corrected chi connectivity index (χ3v) is 19.4. The molecule has 0 saturated heterocycles. The van der Waals surface area contributed by atoms with Crippen molar-refractivity contribution in [3.8, 4) is 89.0 Å². The lowest BCUT2D eigenvalue weighted by atomic mass is 9.33. The van der Waals surface area contributed by atoms with E-state index >= 15 is 0 Å². The number of anilines is 6. The highest BCUT2D eigenvalue weighted by molar-refractivity contribution is 7.00. The van der Waals surface area contributed by atoms with Crippen molar-refractivity contribution in [2.24, 2.45) is 0 Å². The highest BCUT2D eigenvalue weighted by atomic mass is 15.2. The van der Waals surface area contributed by atoms with E-state index in [1.54, 1.807) is 0 Å². The molecule has 0 fully saturated rings. The molecule has 2 aliphatic heterocycles. The molecule has 438 valence electrons. The second-order valence-electron chi connectivity index (χ2n) is 25.8. The molecule has 0 aromatic heterocycles. The van der Waals surface area contributed by atoms with Gasteiger partial charge >= 0.3 is 0 Å². The Kier molecular flexibility index (Phi) is 13.6. The van der Waals surface area contributed by atoms with E-state index in [4.69, 9.17) is 0 Å². The topological polar surface area (TPSA) is 6.48 Å². The van der Waals surface area contributed by atoms with Crippen LogP contribution in [-0.2, 0) is 5.41 Å². The summed E-state index contributed by atoms with van der Waals surface area (Å²) in [4.78, 5) is 5.36. The summed E-state index contributed by atoms with van der Waals surface area (Å²) >= 11 is 0. The van der Waals surface area contributed by atoms with Gasteiger partial charge in [-0.1, -0.05) is 336 Å². The molecular weight excluding hydrogens is 1120 g/mol. The van der Waals surface area contributed by atoms with E-state index < -0.39 is 0 Å². The van der Waals surface area contributed by atoms with Gasteiger partial charge in [-0.25, -0.2) is 0 Å². The molecule has 2 heterocycles. The molecule has 0 aliphatic carbocycles.